The molecular weight excluding hydrogens is 340 g/mol. The molecule has 1 aromatic heterocycles. The molecule has 0 fully saturated rings. The maximum Gasteiger partial charge on any atom is 0.0843 e. The van der Waals surface area contributed by atoms with Crippen molar-refractivity contribution >= 4 is 43.2 Å². The molecule has 0 aliphatic heterocycles. The highest BCUT2D eigenvalue weighted by Gasteiger charge is 2.02. The second-order valence-electron chi connectivity index (χ2n) is 3.26. The Kier molecular flexibility index (Phi) is 7.08. The van der Waals surface area contributed by atoms with Crippen LogP contribution < -0.4 is 10.6 Å². The van der Waals surface area contributed by atoms with Gasteiger partial charge in [-0.2, -0.15) is 0 Å². The Bertz CT molecular complexity index is 269. The zero-order chi connectivity index (χ0) is 11.1. The molecule has 0 aliphatic rings. The summed E-state index contributed by atoms with van der Waals surface area (Å²) < 4.78 is 2.32. The minimum Gasteiger partial charge on any atom is -0.315 e. The average molecular weight is 356 g/mol. The van der Waals surface area contributed by atoms with Crippen LogP contribution in [0.4, 0.5) is 0 Å². The van der Waals surface area contributed by atoms with Crippen LogP contribution in [0.5, 0.6) is 0 Å². The van der Waals surface area contributed by atoms with E-state index in [4.69, 9.17) is 0 Å². The van der Waals surface area contributed by atoms with Gasteiger partial charge in [-0.3, -0.25) is 0 Å². The van der Waals surface area contributed by atoms with Crippen molar-refractivity contribution in [3.05, 3.63) is 19.2 Å². The van der Waals surface area contributed by atoms with Crippen LogP contribution in [-0.4, -0.2) is 19.6 Å². The lowest BCUT2D eigenvalue weighted by molar-refractivity contribution is 0.609. The average Bonchev–Trinajstić information content (AvgIpc) is 2.52. The van der Waals surface area contributed by atoms with Gasteiger partial charge in [0.15, 0.2) is 0 Å². The summed E-state index contributed by atoms with van der Waals surface area (Å²) in [5.41, 5.74) is 0. The molecule has 1 heterocycles. The van der Waals surface area contributed by atoms with Crippen molar-refractivity contribution in [2.75, 3.05) is 19.6 Å². The summed E-state index contributed by atoms with van der Waals surface area (Å²) in [4.78, 5) is 1.35. The molecular formula is C10H16Br2N2S. The van der Waals surface area contributed by atoms with Crippen LogP contribution in [-0.2, 0) is 6.54 Å². The van der Waals surface area contributed by atoms with E-state index in [0.717, 1.165) is 30.7 Å². The molecule has 0 atom stereocenters. The lowest BCUT2D eigenvalue weighted by Crippen LogP contribution is -2.27. The lowest BCUT2D eigenvalue weighted by Gasteiger charge is -2.03. The van der Waals surface area contributed by atoms with Crippen LogP contribution in [0.1, 0.15) is 18.2 Å². The summed E-state index contributed by atoms with van der Waals surface area (Å²) in [6.07, 6.45) is 1.20. The van der Waals surface area contributed by atoms with Gasteiger partial charge in [-0.15, -0.1) is 11.3 Å². The Morgan fingerprint density at radius 3 is 2.53 bits per heavy atom. The SMILES string of the molecule is CCCNCCNCc1cc(Br)c(Br)s1. The van der Waals surface area contributed by atoms with Gasteiger partial charge in [-0.1, -0.05) is 6.92 Å². The molecule has 86 valence electrons. The molecule has 0 aliphatic carbocycles. The highest BCUT2D eigenvalue weighted by molar-refractivity contribution is 9.13. The van der Waals surface area contributed by atoms with E-state index >= 15 is 0 Å². The highest BCUT2D eigenvalue weighted by atomic mass is 79.9. The van der Waals surface area contributed by atoms with E-state index < -0.39 is 0 Å². The Hall–Kier alpha value is 0.580. The predicted molar refractivity (Wildman–Crippen MR) is 74.6 cm³/mol. The van der Waals surface area contributed by atoms with Crippen LogP contribution in [0, 0.1) is 0 Å². The van der Waals surface area contributed by atoms with Gasteiger partial charge in [0.25, 0.3) is 0 Å². The third-order valence-electron chi connectivity index (χ3n) is 1.90. The summed E-state index contributed by atoms with van der Waals surface area (Å²) in [7, 11) is 0. The third-order valence-corrected chi connectivity index (χ3v) is 5.16. The van der Waals surface area contributed by atoms with E-state index in [2.05, 4.69) is 55.5 Å². The van der Waals surface area contributed by atoms with Crippen molar-refractivity contribution in [2.45, 2.75) is 19.9 Å². The zero-order valence-corrected chi connectivity index (χ0v) is 12.8. The Labute approximate surface area is 112 Å². The van der Waals surface area contributed by atoms with Gasteiger partial charge in [0.05, 0.1) is 3.79 Å². The predicted octanol–water partition coefficient (Wildman–Crippen LogP) is 3.36. The number of nitrogens with one attached hydrogen (secondary N) is 2. The molecule has 0 unspecified atom stereocenters. The molecule has 0 radical (unpaired) electrons. The number of hydrogen-bond acceptors (Lipinski definition) is 3. The molecule has 0 saturated carbocycles. The van der Waals surface area contributed by atoms with Crippen molar-refractivity contribution in [2.24, 2.45) is 0 Å². The fraction of sp³-hybridized carbons (Fsp3) is 0.600. The van der Waals surface area contributed by atoms with E-state index in [1.165, 1.54) is 15.1 Å². The summed E-state index contributed by atoms with van der Waals surface area (Å²) in [5, 5.41) is 6.77. The first-order valence-corrected chi connectivity index (χ1v) is 7.49. The molecule has 2 nitrogen and oxygen atoms in total. The molecule has 0 saturated heterocycles. The Morgan fingerprint density at radius 1 is 1.20 bits per heavy atom. The van der Waals surface area contributed by atoms with Crippen LogP contribution in [0.25, 0.3) is 0 Å². The van der Waals surface area contributed by atoms with Crippen LogP contribution in [0.15, 0.2) is 14.3 Å². The van der Waals surface area contributed by atoms with Crippen molar-refractivity contribution in [3.63, 3.8) is 0 Å². The minimum atomic E-state index is 0.947. The number of rotatable bonds is 7. The van der Waals surface area contributed by atoms with E-state index in [-0.39, 0.29) is 0 Å². The van der Waals surface area contributed by atoms with Crippen molar-refractivity contribution in [1.29, 1.82) is 0 Å². The van der Waals surface area contributed by atoms with Crippen molar-refractivity contribution < 1.29 is 0 Å². The molecule has 2 N–H and O–H groups in total. The van der Waals surface area contributed by atoms with Gasteiger partial charge in [0, 0.05) is 29.0 Å². The van der Waals surface area contributed by atoms with Gasteiger partial charge >= 0.3 is 0 Å². The lowest BCUT2D eigenvalue weighted by atomic mass is 10.4. The summed E-state index contributed by atoms with van der Waals surface area (Å²) in [5.74, 6) is 0. The van der Waals surface area contributed by atoms with Crippen molar-refractivity contribution in [3.8, 4) is 0 Å². The van der Waals surface area contributed by atoms with Crippen LogP contribution in [0.3, 0.4) is 0 Å². The standard InChI is InChI=1S/C10H16Br2N2S/c1-2-3-13-4-5-14-7-8-6-9(11)10(12)15-8/h6,13-14H,2-5,7H2,1H3. The first kappa shape index (κ1) is 13.6. The minimum absolute atomic E-state index is 0.947. The fourth-order valence-electron chi connectivity index (χ4n) is 1.17. The molecule has 1 aromatic rings. The second-order valence-corrected chi connectivity index (χ2v) is 6.57. The summed E-state index contributed by atoms with van der Waals surface area (Å²) in [6.45, 7) is 6.30. The number of hydrogen-bond donors (Lipinski definition) is 2. The first-order chi connectivity index (χ1) is 7.24. The van der Waals surface area contributed by atoms with E-state index in [1.54, 1.807) is 11.3 Å². The molecule has 0 aromatic carbocycles. The zero-order valence-electron chi connectivity index (χ0n) is 8.78. The highest BCUT2D eigenvalue weighted by Crippen LogP contribution is 2.32. The summed E-state index contributed by atoms with van der Waals surface area (Å²) >= 11 is 8.74. The Morgan fingerprint density at radius 2 is 1.93 bits per heavy atom. The smallest absolute Gasteiger partial charge is 0.0843 e. The molecule has 0 spiro atoms. The normalized spacial score (nSPS) is 10.9. The van der Waals surface area contributed by atoms with Gasteiger partial charge < -0.3 is 10.6 Å². The van der Waals surface area contributed by atoms with Crippen LogP contribution in [0.2, 0.25) is 0 Å². The molecule has 0 bridgehead atoms. The van der Waals surface area contributed by atoms with E-state index in [1.807, 2.05) is 0 Å². The van der Waals surface area contributed by atoms with Gasteiger partial charge in [-0.05, 0) is 50.9 Å². The molecule has 5 heteroatoms. The largest absolute Gasteiger partial charge is 0.315 e. The second kappa shape index (κ2) is 7.79. The molecule has 15 heavy (non-hydrogen) atoms. The fourth-order valence-corrected chi connectivity index (χ4v) is 3.32. The van der Waals surface area contributed by atoms with Gasteiger partial charge in [0.2, 0.25) is 0 Å². The Balaban J connectivity index is 2.10. The quantitative estimate of drug-likeness (QED) is 0.733. The number of halogens is 2. The number of thiophene rings is 1. The maximum atomic E-state index is 3.49. The molecule has 1 rings (SSSR count). The monoisotopic (exact) mass is 354 g/mol. The van der Waals surface area contributed by atoms with E-state index in [9.17, 15) is 0 Å². The molecule has 0 amide bonds. The van der Waals surface area contributed by atoms with Crippen molar-refractivity contribution in [1.82, 2.24) is 10.6 Å². The van der Waals surface area contributed by atoms with Gasteiger partial charge in [0.1, 0.15) is 0 Å². The van der Waals surface area contributed by atoms with Gasteiger partial charge in [-0.25, -0.2) is 0 Å². The topological polar surface area (TPSA) is 24.1 Å². The van der Waals surface area contributed by atoms with Crippen LogP contribution >= 0.6 is 43.2 Å². The summed E-state index contributed by atoms with van der Waals surface area (Å²) in [6, 6.07) is 2.15. The first-order valence-electron chi connectivity index (χ1n) is 5.09. The third kappa shape index (κ3) is 5.45. The van der Waals surface area contributed by atoms with E-state index in [0.29, 0.717) is 0 Å². The maximum absolute atomic E-state index is 3.49.